The van der Waals surface area contributed by atoms with Crippen LogP contribution in [0.15, 0.2) is 53.3 Å². The van der Waals surface area contributed by atoms with E-state index in [-0.39, 0.29) is 35.6 Å². The second kappa shape index (κ2) is 11.8. The minimum Gasteiger partial charge on any atom is -0.508 e. The van der Waals surface area contributed by atoms with Crippen LogP contribution in [0.4, 0.5) is 0 Å². The van der Waals surface area contributed by atoms with Gasteiger partial charge in [-0.25, -0.2) is 0 Å². The molecule has 2 aromatic carbocycles. The summed E-state index contributed by atoms with van der Waals surface area (Å²) < 4.78 is 0. The van der Waals surface area contributed by atoms with Crippen molar-refractivity contribution in [2.45, 2.75) is 30.9 Å². The summed E-state index contributed by atoms with van der Waals surface area (Å²) >= 11 is 0. The van der Waals surface area contributed by atoms with E-state index in [9.17, 15) is 39.6 Å². The number of aliphatic hydroxyl groups excluding tert-OH is 2. The fourth-order valence-corrected chi connectivity index (χ4v) is 7.04. The highest BCUT2D eigenvalue weighted by atomic mass is 16.3. The standard InChI is InChI=1S/C33H38N4O8/c1-36(2)12-6-11-35-32(44)17-8-5-7-16(13-17)19-9-10-22(38)24-20(19)14-18-15-21-26(37(3)4)28(40)25(31(34)43)30(42)33(21,45)29(41)23(18)27(24)39/h5,7-10,13,18,21,26,38-39,42,45H,6,11-12,14-15H2,1-4H3,(H2,34,43)(H,35,44)/t18-,21-,26-,33-/m0/s1. The van der Waals surface area contributed by atoms with Gasteiger partial charge in [0.1, 0.15) is 22.8 Å². The van der Waals surface area contributed by atoms with Crippen molar-refractivity contribution < 1.29 is 39.6 Å². The topological polar surface area (TPSA) is 194 Å². The molecule has 0 unspecified atom stereocenters. The van der Waals surface area contributed by atoms with Crippen LogP contribution < -0.4 is 11.1 Å². The van der Waals surface area contributed by atoms with E-state index in [0.717, 1.165) is 13.0 Å². The molecule has 0 bridgehead atoms. The first-order valence-electron chi connectivity index (χ1n) is 14.7. The summed E-state index contributed by atoms with van der Waals surface area (Å²) in [5.41, 5.74) is 3.79. The average Bonchev–Trinajstić information content (AvgIpc) is 2.96. The van der Waals surface area contributed by atoms with Crippen LogP contribution in [0.2, 0.25) is 0 Å². The fraction of sp³-hybridized carbons (Fsp3) is 0.394. The minimum atomic E-state index is -2.70. The molecule has 4 atom stereocenters. The van der Waals surface area contributed by atoms with E-state index in [2.05, 4.69) is 5.32 Å². The number of phenolic OH excluding ortho intramolecular Hbond substituents is 1. The lowest BCUT2D eigenvalue weighted by atomic mass is 9.57. The molecular formula is C33H38N4O8. The maximum Gasteiger partial charge on any atom is 0.255 e. The van der Waals surface area contributed by atoms with E-state index < -0.39 is 58.0 Å². The molecule has 0 aliphatic heterocycles. The average molecular weight is 619 g/mol. The lowest BCUT2D eigenvalue weighted by Crippen LogP contribution is -2.65. The van der Waals surface area contributed by atoms with Crippen LogP contribution in [0.1, 0.15) is 34.3 Å². The fourth-order valence-electron chi connectivity index (χ4n) is 7.04. The van der Waals surface area contributed by atoms with E-state index in [0.29, 0.717) is 28.8 Å². The zero-order valence-electron chi connectivity index (χ0n) is 25.6. The molecule has 0 aromatic heterocycles. The molecule has 7 N–H and O–H groups in total. The predicted molar refractivity (Wildman–Crippen MR) is 165 cm³/mol. The Morgan fingerprint density at radius 2 is 1.78 bits per heavy atom. The molecule has 3 aliphatic rings. The third-order valence-corrected chi connectivity index (χ3v) is 9.11. The maximum absolute atomic E-state index is 14.0. The molecule has 3 aliphatic carbocycles. The van der Waals surface area contributed by atoms with Gasteiger partial charge < -0.3 is 36.4 Å². The maximum atomic E-state index is 14.0. The number of phenols is 1. The number of fused-ring (bicyclic) bond motifs is 3. The SMILES string of the molecule is CN(C)CCCNC(=O)c1cccc(-c2ccc(O)c3c2C[C@H]2C[C@H]4[C@H](N(C)C)C(=O)C(C(N)=O)=C(O)[C@@]4(O)C(=O)C2=C3O)c1. The molecule has 5 rings (SSSR count). The number of nitrogens with two attached hydrogens (primary N) is 1. The van der Waals surface area contributed by atoms with Gasteiger partial charge >= 0.3 is 0 Å². The van der Waals surface area contributed by atoms with Crippen LogP contribution in [0.3, 0.4) is 0 Å². The number of nitrogens with zero attached hydrogens (tertiary/aromatic N) is 2. The number of hydrogen-bond acceptors (Lipinski definition) is 10. The van der Waals surface area contributed by atoms with Gasteiger partial charge in [-0.3, -0.25) is 24.1 Å². The number of aliphatic hydroxyl groups is 3. The van der Waals surface area contributed by atoms with Gasteiger partial charge in [0.05, 0.1) is 11.6 Å². The van der Waals surface area contributed by atoms with E-state index in [1.165, 1.54) is 11.0 Å². The highest BCUT2D eigenvalue weighted by Crippen LogP contribution is 2.53. The number of hydrogen-bond donors (Lipinski definition) is 6. The molecular weight excluding hydrogens is 580 g/mol. The van der Waals surface area contributed by atoms with E-state index >= 15 is 0 Å². The zero-order chi connectivity index (χ0) is 33.0. The van der Waals surface area contributed by atoms with Gasteiger partial charge in [-0.05, 0) is 94.8 Å². The number of likely N-dealkylation sites (N-methyl/N-ethyl adjacent to an activating group) is 1. The summed E-state index contributed by atoms with van der Waals surface area (Å²) in [5, 5.41) is 48.1. The Morgan fingerprint density at radius 1 is 1.07 bits per heavy atom. The number of aromatic hydroxyl groups is 1. The number of ketones is 2. The number of primary amides is 1. The van der Waals surface area contributed by atoms with Gasteiger partial charge in [-0.1, -0.05) is 18.2 Å². The molecule has 0 heterocycles. The van der Waals surface area contributed by atoms with Crippen molar-refractivity contribution in [3.05, 3.63) is 70.0 Å². The first-order valence-corrected chi connectivity index (χ1v) is 14.7. The number of amides is 2. The molecule has 12 nitrogen and oxygen atoms in total. The van der Waals surface area contributed by atoms with Gasteiger partial charge in [0.15, 0.2) is 11.4 Å². The summed E-state index contributed by atoms with van der Waals surface area (Å²) in [4.78, 5) is 55.9. The molecule has 12 heteroatoms. The van der Waals surface area contributed by atoms with E-state index in [4.69, 9.17) is 5.73 Å². The van der Waals surface area contributed by atoms with Crippen LogP contribution in [-0.4, -0.2) is 107 Å². The van der Waals surface area contributed by atoms with Crippen LogP contribution in [0, 0.1) is 11.8 Å². The number of carbonyl (C=O) groups is 4. The van der Waals surface area contributed by atoms with Gasteiger partial charge in [0.2, 0.25) is 5.78 Å². The van der Waals surface area contributed by atoms with Crippen molar-refractivity contribution >= 4 is 29.1 Å². The van der Waals surface area contributed by atoms with Crippen LogP contribution in [0.25, 0.3) is 16.9 Å². The van der Waals surface area contributed by atoms with Crippen molar-refractivity contribution in [3.63, 3.8) is 0 Å². The summed E-state index contributed by atoms with van der Waals surface area (Å²) in [6, 6.07) is 8.81. The second-order valence-electron chi connectivity index (χ2n) is 12.4. The Hall–Kier alpha value is -4.52. The molecule has 1 saturated carbocycles. The van der Waals surface area contributed by atoms with E-state index in [1.54, 1.807) is 44.4 Å². The highest BCUT2D eigenvalue weighted by Gasteiger charge is 2.64. The number of Topliss-reactive ketones (excluding diaryl/α,β-unsaturated/α-hetero) is 2. The lowest BCUT2D eigenvalue weighted by molar-refractivity contribution is -0.153. The quantitative estimate of drug-likeness (QED) is 0.186. The van der Waals surface area contributed by atoms with Crippen molar-refractivity contribution in [3.8, 4) is 16.9 Å². The molecule has 1 fully saturated rings. The lowest BCUT2D eigenvalue weighted by Gasteiger charge is -2.50. The van der Waals surface area contributed by atoms with Crippen LogP contribution >= 0.6 is 0 Å². The Kier molecular flexibility index (Phi) is 8.34. The Bertz CT molecular complexity index is 1680. The van der Waals surface area contributed by atoms with Crippen molar-refractivity contribution in [2.24, 2.45) is 17.6 Å². The first kappa shape index (κ1) is 31.9. The van der Waals surface area contributed by atoms with Gasteiger partial charge in [0, 0.05) is 23.6 Å². The summed E-state index contributed by atoms with van der Waals surface area (Å²) in [5.74, 6) is -7.30. The minimum absolute atomic E-state index is 0.0117. The summed E-state index contributed by atoms with van der Waals surface area (Å²) in [7, 11) is 7.02. The van der Waals surface area contributed by atoms with Gasteiger partial charge in [-0.2, -0.15) is 0 Å². The molecule has 2 aromatic rings. The first-order chi connectivity index (χ1) is 21.2. The van der Waals surface area contributed by atoms with Crippen molar-refractivity contribution in [2.75, 3.05) is 41.3 Å². The predicted octanol–water partition coefficient (Wildman–Crippen LogP) is 1.31. The van der Waals surface area contributed by atoms with Gasteiger partial charge in [-0.15, -0.1) is 0 Å². The van der Waals surface area contributed by atoms with E-state index in [1.807, 2.05) is 19.0 Å². The van der Waals surface area contributed by atoms with Crippen molar-refractivity contribution in [1.82, 2.24) is 15.1 Å². The van der Waals surface area contributed by atoms with Crippen LogP contribution in [-0.2, 0) is 20.8 Å². The van der Waals surface area contributed by atoms with Gasteiger partial charge in [0.25, 0.3) is 11.8 Å². The summed E-state index contributed by atoms with van der Waals surface area (Å²) in [6.07, 6.45) is 0.904. The molecule has 238 valence electrons. The largest absolute Gasteiger partial charge is 0.508 e. The highest BCUT2D eigenvalue weighted by molar-refractivity contribution is 6.24. The Labute approximate surface area is 260 Å². The number of carbonyl (C=O) groups excluding carboxylic acids is 4. The molecule has 45 heavy (non-hydrogen) atoms. The number of rotatable bonds is 8. The zero-order valence-corrected chi connectivity index (χ0v) is 25.6. The number of nitrogens with one attached hydrogen (secondary N) is 1. The third-order valence-electron chi connectivity index (χ3n) is 9.11. The third kappa shape index (κ3) is 5.18. The monoisotopic (exact) mass is 618 g/mol. The van der Waals surface area contributed by atoms with Crippen LogP contribution in [0.5, 0.6) is 5.75 Å². The Morgan fingerprint density at radius 3 is 2.42 bits per heavy atom. The number of benzene rings is 2. The molecule has 0 radical (unpaired) electrons. The summed E-state index contributed by atoms with van der Waals surface area (Å²) in [6.45, 7) is 1.33. The molecule has 0 saturated heterocycles. The normalized spacial score (nSPS) is 24.5. The molecule has 0 spiro atoms. The second-order valence-corrected chi connectivity index (χ2v) is 12.4. The van der Waals surface area contributed by atoms with Crippen molar-refractivity contribution in [1.29, 1.82) is 0 Å². The smallest absolute Gasteiger partial charge is 0.255 e. The Balaban J connectivity index is 1.58. The molecule has 2 amide bonds.